The molecule has 1 aliphatic carbocycles. The van der Waals surface area contributed by atoms with Crippen molar-refractivity contribution < 1.29 is 9.59 Å². The van der Waals surface area contributed by atoms with Gasteiger partial charge in [-0.15, -0.1) is 11.3 Å². The van der Waals surface area contributed by atoms with Gasteiger partial charge in [0.05, 0.1) is 17.2 Å². The summed E-state index contributed by atoms with van der Waals surface area (Å²) in [7, 11) is 0. The van der Waals surface area contributed by atoms with Crippen LogP contribution in [0.1, 0.15) is 29.4 Å². The van der Waals surface area contributed by atoms with Gasteiger partial charge in [-0.25, -0.2) is 4.98 Å². The van der Waals surface area contributed by atoms with E-state index in [9.17, 15) is 9.59 Å². The minimum atomic E-state index is 0.0510. The zero-order chi connectivity index (χ0) is 15.2. The minimum Gasteiger partial charge on any atom is -0.355 e. The number of ketones is 1. The van der Waals surface area contributed by atoms with Crippen molar-refractivity contribution in [2.24, 2.45) is 0 Å². The second-order valence-corrected chi connectivity index (χ2v) is 6.12. The molecule has 0 saturated heterocycles. The molecular weight excluding hydrogens is 286 g/mol. The lowest BCUT2D eigenvalue weighted by molar-refractivity contribution is -0.122. The molecule has 1 amide bonds. The largest absolute Gasteiger partial charge is 0.355 e. The highest BCUT2D eigenvalue weighted by molar-refractivity contribution is 7.12. The van der Waals surface area contributed by atoms with Crippen molar-refractivity contribution >= 4 is 29.1 Å². The monoisotopic (exact) mass is 307 g/mol. The zero-order valence-corrected chi connectivity index (χ0v) is 13.3. The lowest BCUT2D eigenvalue weighted by Gasteiger charge is -2.16. The number of aromatic nitrogens is 1. The van der Waals surface area contributed by atoms with Gasteiger partial charge in [0.1, 0.15) is 0 Å². The third-order valence-electron chi connectivity index (χ3n) is 3.46. The fourth-order valence-corrected chi connectivity index (χ4v) is 3.25. The molecule has 1 heterocycles. The minimum absolute atomic E-state index is 0.0510. The van der Waals surface area contributed by atoms with E-state index in [-0.39, 0.29) is 11.7 Å². The van der Waals surface area contributed by atoms with Crippen LogP contribution in [0.5, 0.6) is 0 Å². The summed E-state index contributed by atoms with van der Waals surface area (Å²) in [6.07, 6.45) is 4.53. The Hall–Kier alpha value is -1.53. The maximum Gasteiger partial charge on any atom is 0.234 e. The molecule has 2 rings (SSSR count). The van der Waals surface area contributed by atoms with Crippen LogP contribution < -0.4 is 5.32 Å². The highest BCUT2D eigenvalue weighted by Gasteiger charge is 2.15. The molecule has 21 heavy (non-hydrogen) atoms. The van der Waals surface area contributed by atoms with Gasteiger partial charge in [-0.2, -0.15) is 0 Å². The Balaban J connectivity index is 1.78. The fraction of sp³-hybridized carbons (Fsp3) is 0.533. The van der Waals surface area contributed by atoms with Crippen LogP contribution >= 0.6 is 11.3 Å². The number of likely N-dealkylation sites (N-methyl/N-ethyl adjacent to an activating group) is 1. The van der Waals surface area contributed by atoms with Crippen molar-refractivity contribution in [1.29, 1.82) is 0 Å². The Labute approximate surface area is 129 Å². The Morgan fingerprint density at radius 2 is 2.14 bits per heavy atom. The van der Waals surface area contributed by atoms with Crippen molar-refractivity contribution in [3.05, 3.63) is 21.7 Å². The van der Waals surface area contributed by atoms with Crippen LogP contribution in [0.25, 0.3) is 6.08 Å². The SMILES string of the molecule is CCN(CC)CC(=O)NCCc1nc2c(s1)CC(=O)C=C2. The number of rotatable bonds is 7. The van der Waals surface area contributed by atoms with Gasteiger partial charge >= 0.3 is 0 Å². The van der Waals surface area contributed by atoms with E-state index in [0.29, 0.717) is 25.9 Å². The molecule has 0 saturated carbocycles. The molecule has 0 aliphatic heterocycles. The van der Waals surface area contributed by atoms with Crippen LogP contribution in [0, 0.1) is 0 Å². The number of allylic oxidation sites excluding steroid dienone is 1. The maximum absolute atomic E-state index is 11.8. The van der Waals surface area contributed by atoms with Crippen molar-refractivity contribution in [3.63, 3.8) is 0 Å². The van der Waals surface area contributed by atoms with Crippen molar-refractivity contribution in [2.75, 3.05) is 26.2 Å². The van der Waals surface area contributed by atoms with Crippen LogP contribution in [0.2, 0.25) is 0 Å². The number of carbonyl (C=O) groups is 2. The van der Waals surface area contributed by atoms with Gasteiger partial charge in [-0.1, -0.05) is 13.8 Å². The van der Waals surface area contributed by atoms with Gasteiger partial charge < -0.3 is 5.32 Å². The van der Waals surface area contributed by atoms with E-state index in [1.54, 1.807) is 23.5 Å². The Bertz CT molecular complexity index is 547. The van der Waals surface area contributed by atoms with Gasteiger partial charge in [0.2, 0.25) is 5.91 Å². The van der Waals surface area contributed by atoms with Crippen LogP contribution in [0.15, 0.2) is 6.08 Å². The smallest absolute Gasteiger partial charge is 0.234 e. The predicted octanol–water partition coefficient (Wildman–Crippen LogP) is 1.28. The Morgan fingerprint density at radius 3 is 2.86 bits per heavy atom. The summed E-state index contributed by atoms with van der Waals surface area (Å²) in [5.74, 6) is 0.181. The van der Waals surface area contributed by atoms with Gasteiger partial charge in [0.25, 0.3) is 0 Å². The average molecular weight is 307 g/mol. The van der Waals surface area contributed by atoms with E-state index < -0.39 is 0 Å². The van der Waals surface area contributed by atoms with E-state index in [2.05, 4.69) is 15.2 Å². The molecule has 114 valence electrons. The molecular formula is C15H21N3O2S. The number of fused-ring (bicyclic) bond motifs is 1. The van der Waals surface area contributed by atoms with Crippen LogP contribution in [-0.4, -0.2) is 47.8 Å². The predicted molar refractivity (Wildman–Crippen MR) is 84.4 cm³/mol. The molecule has 0 fully saturated rings. The number of amides is 1. The average Bonchev–Trinajstić information content (AvgIpc) is 2.86. The van der Waals surface area contributed by atoms with Crippen LogP contribution in [0.3, 0.4) is 0 Å². The number of thiazole rings is 1. The Morgan fingerprint density at radius 1 is 1.38 bits per heavy atom. The van der Waals surface area contributed by atoms with E-state index in [0.717, 1.165) is 28.7 Å². The lowest BCUT2D eigenvalue weighted by atomic mass is 10.1. The summed E-state index contributed by atoms with van der Waals surface area (Å²) in [6.45, 7) is 6.88. The third kappa shape index (κ3) is 4.47. The number of nitrogens with one attached hydrogen (secondary N) is 1. The van der Waals surface area contributed by atoms with Crippen LogP contribution in [-0.2, 0) is 22.4 Å². The summed E-state index contributed by atoms with van der Waals surface area (Å²) in [5, 5.41) is 3.90. The molecule has 0 atom stereocenters. The topological polar surface area (TPSA) is 62.3 Å². The quantitative estimate of drug-likeness (QED) is 0.824. The molecule has 0 bridgehead atoms. The summed E-state index contributed by atoms with van der Waals surface area (Å²) < 4.78 is 0. The number of hydrogen-bond acceptors (Lipinski definition) is 5. The normalized spacial score (nSPS) is 13.6. The summed E-state index contributed by atoms with van der Waals surface area (Å²) in [4.78, 5) is 30.7. The van der Waals surface area contributed by atoms with E-state index in [4.69, 9.17) is 0 Å². The second kappa shape index (κ2) is 7.47. The first-order valence-electron chi connectivity index (χ1n) is 7.31. The maximum atomic E-state index is 11.8. The molecule has 5 nitrogen and oxygen atoms in total. The summed E-state index contributed by atoms with van der Waals surface area (Å²) >= 11 is 1.57. The van der Waals surface area contributed by atoms with Gasteiger partial charge in [0.15, 0.2) is 5.78 Å². The molecule has 0 unspecified atom stereocenters. The number of nitrogens with zero attached hydrogens (tertiary/aromatic N) is 2. The standard InChI is InChI=1S/C15H21N3O2S/c1-3-18(4-2)10-14(20)16-8-7-15-17-12-6-5-11(19)9-13(12)21-15/h5-6H,3-4,7-10H2,1-2H3,(H,16,20). The molecule has 1 N–H and O–H groups in total. The van der Waals surface area contributed by atoms with Crippen molar-refractivity contribution in [3.8, 4) is 0 Å². The first-order chi connectivity index (χ1) is 10.1. The summed E-state index contributed by atoms with van der Waals surface area (Å²) in [6, 6.07) is 0. The number of hydrogen-bond donors (Lipinski definition) is 1. The third-order valence-corrected chi connectivity index (χ3v) is 4.59. The molecule has 6 heteroatoms. The van der Waals surface area contributed by atoms with Gasteiger partial charge in [-0.3, -0.25) is 14.5 Å². The first kappa shape index (κ1) is 15.9. The van der Waals surface area contributed by atoms with E-state index in [1.165, 1.54) is 0 Å². The molecule has 1 aromatic rings. The van der Waals surface area contributed by atoms with Crippen molar-refractivity contribution in [2.45, 2.75) is 26.7 Å². The molecule has 0 radical (unpaired) electrons. The number of carbonyl (C=O) groups excluding carboxylic acids is 2. The first-order valence-corrected chi connectivity index (χ1v) is 8.12. The fourth-order valence-electron chi connectivity index (χ4n) is 2.18. The highest BCUT2D eigenvalue weighted by atomic mass is 32.1. The molecule has 1 aliphatic rings. The van der Waals surface area contributed by atoms with Crippen molar-refractivity contribution in [1.82, 2.24) is 15.2 Å². The highest BCUT2D eigenvalue weighted by Crippen LogP contribution is 2.24. The van der Waals surface area contributed by atoms with Gasteiger partial charge in [0, 0.05) is 24.3 Å². The molecule has 0 aromatic carbocycles. The van der Waals surface area contributed by atoms with E-state index in [1.807, 2.05) is 13.8 Å². The summed E-state index contributed by atoms with van der Waals surface area (Å²) in [5.41, 5.74) is 0.907. The van der Waals surface area contributed by atoms with Gasteiger partial charge in [-0.05, 0) is 25.2 Å². The second-order valence-electron chi connectivity index (χ2n) is 4.95. The zero-order valence-electron chi connectivity index (χ0n) is 12.5. The molecule has 1 aromatic heterocycles. The van der Waals surface area contributed by atoms with E-state index >= 15 is 0 Å². The molecule has 0 spiro atoms. The van der Waals surface area contributed by atoms with Crippen LogP contribution in [0.4, 0.5) is 0 Å². The lowest BCUT2D eigenvalue weighted by Crippen LogP contribution is -2.37. The Kier molecular flexibility index (Phi) is 5.64.